The number of carbonyl (C=O) groups is 1. The van der Waals surface area contributed by atoms with Crippen LogP contribution < -0.4 is 14.8 Å². The Morgan fingerprint density at radius 3 is 1.93 bits per heavy atom. The first-order chi connectivity index (χ1) is 19.4. The Morgan fingerprint density at radius 2 is 1.39 bits per heavy atom. The predicted octanol–water partition coefficient (Wildman–Crippen LogP) is 4.63. The summed E-state index contributed by atoms with van der Waals surface area (Å²) in [5.74, 6) is -0.431. The van der Waals surface area contributed by atoms with Crippen LogP contribution in [0.15, 0.2) is 101 Å². The Hall–Kier alpha value is -2.71. The van der Waals surface area contributed by atoms with Gasteiger partial charge in [0.25, 0.3) is 0 Å². The fourth-order valence-corrected chi connectivity index (χ4v) is 13.8. The van der Waals surface area contributed by atoms with Gasteiger partial charge in [0.15, 0.2) is 0 Å². The molecule has 214 valence electrons. The number of hydrogen-bond donors (Lipinski definition) is 0. The van der Waals surface area contributed by atoms with E-state index in [1.165, 1.54) is 10.4 Å². The van der Waals surface area contributed by atoms with Crippen molar-refractivity contribution < 1.29 is 28.2 Å². The summed E-state index contributed by atoms with van der Waals surface area (Å²) in [7, 11) is -2.92. The van der Waals surface area contributed by atoms with Gasteiger partial charge in [0.1, 0.15) is 0 Å². The van der Waals surface area contributed by atoms with Gasteiger partial charge in [-0.3, -0.25) is 0 Å². The van der Waals surface area contributed by atoms with Crippen LogP contribution in [0, 0.1) is 0 Å². The van der Waals surface area contributed by atoms with Crippen molar-refractivity contribution in [2.45, 2.75) is 69.7 Å². The van der Waals surface area contributed by atoms with Gasteiger partial charge >= 0.3 is 250 Å². The molecule has 41 heavy (non-hydrogen) atoms. The van der Waals surface area contributed by atoms with E-state index in [0.717, 1.165) is 8.93 Å². The zero-order valence-corrected chi connectivity index (χ0v) is 27.0. The quantitative estimate of drug-likeness (QED) is 0.279. The molecule has 3 atom stereocenters. The van der Waals surface area contributed by atoms with Crippen LogP contribution in [0.2, 0.25) is 5.04 Å². The maximum absolute atomic E-state index is 12.5. The normalized spacial score (nSPS) is 26.9. The van der Waals surface area contributed by atoms with E-state index in [-0.39, 0.29) is 26.6 Å². The number of carbonyl (C=O) groups excluding carboxylic acids is 1. The molecule has 0 spiro atoms. The number of benzene rings is 3. The van der Waals surface area contributed by atoms with Crippen molar-refractivity contribution in [3.8, 4) is 0 Å². The van der Waals surface area contributed by atoms with Gasteiger partial charge in [-0.05, 0) is 0 Å². The van der Waals surface area contributed by atoms with Crippen LogP contribution in [0.25, 0.3) is 0 Å². The summed E-state index contributed by atoms with van der Waals surface area (Å²) in [6.07, 6.45) is -1.34. The molecule has 0 bridgehead atoms. The second-order valence-corrected chi connectivity index (χ2v) is 19.1. The zero-order chi connectivity index (χ0) is 29.1. The summed E-state index contributed by atoms with van der Waals surface area (Å²) in [5, 5.41) is 2.13. The average Bonchev–Trinajstić information content (AvgIpc) is 3.46. The molecule has 0 saturated carbocycles. The Morgan fingerprint density at radius 1 is 0.854 bits per heavy atom. The molecule has 0 amide bonds. The minimum atomic E-state index is -2.92. The molecular formula is C33H36O6SeSi. The van der Waals surface area contributed by atoms with Crippen LogP contribution in [0.4, 0.5) is 4.79 Å². The van der Waals surface area contributed by atoms with E-state index in [0.29, 0.717) is 5.76 Å². The topological polar surface area (TPSA) is 63.2 Å². The van der Waals surface area contributed by atoms with E-state index >= 15 is 0 Å². The van der Waals surface area contributed by atoms with Crippen molar-refractivity contribution in [1.82, 2.24) is 0 Å². The molecule has 2 heterocycles. The summed E-state index contributed by atoms with van der Waals surface area (Å²) in [4.78, 5) is 12.5. The van der Waals surface area contributed by atoms with E-state index in [2.05, 4.69) is 81.4 Å². The average molecular weight is 636 g/mol. The van der Waals surface area contributed by atoms with Crippen LogP contribution >= 0.6 is 0 Å². The van der Waals surface area contributed by atoms with E-state index in [4.69, 9.17) is 23.4 Å². The van der Waals surface area contributed by atoms with E-state index in [1.54, 1.807) is 0 Å². The third-order valence-electron chi connectivity index (χ3n) is 8.16. The SMILES string of the molecule is CC1(C)O[C@@H]2[C@]3(C)OC(=O)OC3=C([Se]c3ccccc3)[C@@]2(CO[Si](c2ccccc2)(c2ccccc2)C(C)(C)C)O1. The van der Waals surface area contributed by atoms with E-state index in [1.807, 2.05) is 51.1 Å². The fraction of sp³-hybridized carbons (Fsp3) is 0.364. The standard InChI is InChI=1S/C33H36O6SeSi/c1-30(2,3)41(24-18-12-8-13-19-24,25-20-14-9-15-21-25)35-22-33-27(40-23-16-10-7-11-17-23)26-32(6,38-29(34)36-26)28(33)37-31(4,5)39-33/h7-21,28H,22H2,1-6H3/t28-,32-,33-/m1/s1. The summed E-state index contributed by atoms with van der Waals surface area (Å²) >= 11 is -0.251. The number of ether oxygens (including phenoxy) is 4. The molecule has 2 aliphatic heterocycles. The molecule has 6 rings (SSSR count). The molecule has 2 fully saturated rings. The molecule has 3 aromatic rings. The van der Waals surface area contributed by atoms with Crippen molar-refractivity contribution in [3.63, 3.8) is 0 Å². The van der Waals surface area contributed by atoms with Gasteiger partial charge in [-0.2, -0.15) is 0 Å². The summed E-state index contributed by atoms with van der Waals surface area (Å²) in [6, 6.07) is 31.3. The fourth-order valence-electron chi connectivity index (χ4n) is 6.57. The van der Waals surface area contributed by atoms with Gasteiger partial charge in [0, 0.05) is 0 Å². The predicted molar refractivity (Wildman–Crippen MR) is 161 cm³/mol. The van der Waals surface area contributed by atoms with Gasteiger partial charge in [0.2, 0.25) is 0 Å². The molecule has 0 unspecified atom stereocenters. The number of rotatable bonds is 7. The Balaban J connectivity index is 1.52. The van der Waals surface area contributed by atoms with Crippen molar-refractivity contribution in [1.29, 1.82) is 0 Å². The van der Waals surface area contributed by atoms with Crippen LogP contribution in [-0.2, 0) is 23.4 Å². The Kier molecular flexibility index (Phi) is 6.89. The molecule has 6 nitrogen and oxygen atoms in total. The third kappa shape index (κ3) is 4.53. The van der Waals surface area contributed by atoms with Gasteiger partial charge < -0.3 is 0 Å². The zero-order valence-electron chi connectivity index (χ0n) is 24.3. The van der Waals surface area contributed by atoms with Crippen molar-refractivity contribution in [2.75, 3.05) is 6.61 Å². The molecule has 0 N–H and O–H groups in total. The molecule has 0 radical (unpaired) electrons. The molecule has 0 aromatic heterocycles. The molecule has 2 saturated heterocycles. The van der Waals surface area contributed by atoms with Gasteiger partial charge in [0.05, 0.1) is 0 Å². The molecule has 1 aliphatic carbocycles. The molecule has 8 heteroatoms. The first-order valence-corrected chi connectivity index (χ1v) is 17.6. The van der Waals surface area contributed by atoms with Gasteiger partial charge in [-0.25, -0.2) is 0 Å². The third-order valence-corrected chi connectivity index (χ3v) is 15.7. The first-order valence-electron chi connectivity index (χ1n) is 13.9. The second-order valence-electron chi connectivity index (χ2n) is 12.5. The van der Waals surface area contributed by atoms with Gasteiger partial charge in [-0.15, -0.1) is 0 Å². The Labute approximate surface area is 249 Å². The molecular weight excluding hydrogens is 599 g/mol. The van der Waals surface area contributed by atoms with Crippen LogP contribution in [0.5, 0.6) is 0 Å². The minimum absolute atomic E-state index is 0.221. The van der Waals surface area contributed by atoms with E-state index < -0.39 is 37.6 Å². The van der Waals surface area contributed by atoms with Crippen LogP contribution in [0.3, 0.4) is 0 Å². The second kappa shape index (κ2) is 9.94. The molecule has 3 aromatic carbocycles. The number of fused-ring (bicyclic) bond motifs is 3. The van der Waals surface area contributed by atoms with Gasteiger partial charge in [-0.1, -0.05) is 0 Å². The first kappa shape index (κ1) is 28.4. The Bertz CT molecular complexity index is 1430. The summed E-state index contributed by atoms with van der Waals surface area (Å²) in [6.45, 7) is 12.7. The summed E-state index contributed by atoms with van der Waals surface area (Å²) in [5.41, 5.74) is -2.14. The molecule has 3 aliphatic rings. The monoisotopic (exact) mass is 636 g/mol. The van der Waals surface area contributed by atoms with E-state index in [9.17, 15) is 4.79 Å². The van der Waals surface area contributed by atoms with Crippen LogP contribution in [-0.4, -0.2) is 59.1 Å². The van der Waals surface area contributed by atoms with Crippen molar-refractivity contribution >= 4 is 44.3 Å². The van der Waals surface area contributed by atoms with Crippen LogP contribution in [0.1, 0.15) is 41.5 Å². The summed E-state index contributed by atoms with van der Waals surface area (Å²) < 4.78 is 34.7. The maximum atomic E-state index is 12.5. The van der Waals surface area contributed by atoms with Crippen molar-refractivity contribution in [2.24, 2.45) is 0 Å². The number of hydrogen-bond acceptors (Lipinski definition) is 6. The van der Waals surface area contributed by atoms with Crippen molar-refractivity contribution in [3.05, 3.63) is 101 Å².